The molecule has 0 aromatic rings. The highest BCUT2D eigenvalue weighted by Gasteiger charge is 2.78. The van der Waals surface area contributed by atoms with E-state index in [1.807, 2.05) is 0 Å². The number of carbonyl (C=O) groups excluding carboxylic acids is 3. The lowest BCUT2D eigenvalue weighted by molar-refractivity contribution is -0.238. The van der Waals surface area contributed by atoms with Crippen LogP contribution in [0, 0.1) is 40.4 Å². The molecule has 2 N–H and O–H groups in total. The zero-order valence-electron chi connectivity index (χ0n) is 21.6. The number of esters is 2. The number of carbonyl (C=O) groups is 3. The normalized spacial score (nSPS) is 43.9. The molecule has 37 heavy (non-hydrogen) atoms. The summed E-state index contributed by atoms with van der Waals surface area (Å²) in [5, 5.41) is 20.4. The quantitative estimate of drug-likeness (QED) is 0.433. The lowest BCUT2D eigenvalue weighted by Crippen LogP contribution is -2.71. The van der Waals surface area contributed by atoms with Crippen molar-refractivity contribution in [3.63, 3.8) is 0 Å². The average Bonchev–Trinajstić information content (AvgIpc) is 3.06. The highest BCUT2D eigenvalue weighted by atomic mass is 19.1. The summed E-state index contributed by atoms with van der Waals surface area (Å²) >= 11 is 0. The van der Waals surface area contributed by atoms with Crippen LogP contribution in [0.25, 0.3) is 0 Å². The molecule has 0 unspecified atom stereocenters. The van der Waals surface area contributed by atoms with Crippen LogP contribution in [0.2, 0.25) is 0 Å². The smallest absolute Gasteiger partial charge is 0.352 e. The maximum Gasteiger partial charge on any atom is 0.352 e. The first-order chi connectivity index (χ1) is 17.3. The van der Waals surface area contributed by atoms with Gasteiger partial charge < -0.3 is 19.7 Å². The van der Waals surface area contributed by atoms with Gasteiger partial charge in [0, 0.05) is 29.1 Å². The van der Waals surface area contributed by atoms with Crippen LogP contribution >= 0.6 is 0 Å². The molecule has 9 heteroatoms. The van der Waals surface area contributed by atoms with Crippen molar-refractivity contribution in [2.75, 3.05) is 13.2 Å². The van der Waals surface area contributed by atoms with Crippen molar-refractivity contribution in [2.24, 2.45) is 28.6 Å². The van der Waals surface area contributed by atoms with Gasteiger partial charge in [-0.05, 0) is 49.8 Å². The number of hydrogen-bond donors (Lipinski definition) is 2. The number of ether oxygens (including phenoxy) is 2. The van der Waals surface area contributed by atoms with E-state index in [4.69, 9.17) is 14.6 Å². The number of aliphatic hydroxyl groups excluding tert-OH is 2. The van der Waals surface area contributed by atoms with Crippen LogP contribution in [0.1, 0.15) is 53.4 Å². The maximum absolute atomic E-state index is 17.4. The molecule has 0 amide bonds. The van der Waals surface area contributed by atoms with E-state index < -0.39 is 76.5 Å². The predicted octanol–water partition coefficient (Wildman–Crippen LogP) is 2.78. The van der Waals surface area contributed by atoms with Gasteiger partial charge >= 0.3 is 11.9 Å². The second-order valence-electron chi connectivity index (χ2n) is 11.1. The standard InChI is InChI=1S/C28H34F2O7/c1-5-23(34)37-28(24(35)36-11-7-6-10-31)16(2)12-18-19-14-21(29)20-13-17(32)8-9-25(20,3)27(19,30)22(33)15-26(18,28)4/h8-9,13,16,18-19,21-22,31,33H,5,10-12,14-15H2,1-4H3/t16-,18+,19+,21+,22+,25+,26+,27+,28+/m1/s1. The molecule has 0 bridgehead atoms. The van der Waals surface area contributed by atoms with Gasteiger partial charge in [0.05, 0.1) is 6.10 Å². The van der Waals surface area contributed by atoms with Crippen molar-refractivity contribution in [1.29, 1.82) is 0 Å². The molecule has 4 rings (SSSR count). The van der Waals surface area contributed by atoms with Gasteiger partial charge in [0.2, 0.25) is 5.60 Å². The zero-order valence-corrected chi connectivity index (χ0v) is 21.6. The van der Waals surface area contributed by atoms with Crippen LogP contribution in [0.4, 0.5) is 8.78 Å². The van der Waals surface area contributed by atoms with Crippen LogP contribution in [0.5, 0.6) is 0 Å². The molecule has 0 saturated heterocycles. The average molecular weight is 521 g/mol. The third-order valence-electron chi connectivity index (χ3n) is 9.51. The Morgan fingerprint density at radius 1 is 1.22 bits per heavy atom. The van der Waals surface area contributed by atoms with E-state index in [9.17, 15) is 19.5 Å². The van der Waals surface area contributed by atoms with Gasteiger partial charge in [-0.15, -0.1) is 0 Å². The second-order valence-corrected chi connectivity index (χ2v) is 11.1. The Morgan fingerprint density at radius 3 is 2.57 bits per heavy atom. The van der Waals surface area contributed by atoms with Crippen molar-refractivity contribution in [1.82, 2.24) is 0 Å². The van der Waals surface area contributed by atoms with Crippen molar-refractivity contribution >= 4 is 17.7 Å². The number of alkyl halides is 2. The molecule has 4 aliphatic carbocycles. The number of aliphatic hydroxyl groups is 2. The van der Waals surface area contributed by atoms with Gasteiger partial charge in [0.15, 0.2) is 18.1 Å². The summed E-state index contributed by atoms with van der Waals surface area (Å²) in [6, 6.07) is 0. The molecular formula is C28H34F2O7. The lowest BCUT2D eigenvalue weighted by Gasteiger charge is -2.63. The highest BCUT2D eigenvalue weighted by Crippen LogP contribution is 2.71. The molecule has 4 aliphatic rings. The summed E-state index contributed by atoms with van der Waals surface area (Å²) < 4.78 is 44.2. The van der Waals surface area contributed by atoms with Gasteiger partial charge in [-0.1, -0.05) is 38.7 Å². The fraction of sp³-hybridized carbons (Fsp3) is 0.679. The van der Waals surface area contributed by atoms with E-state index >= 15 is 8.78 Å². The molecule has 0 aromatic heterocycles. The van der Waals surface area contributed by atoms with Gasteiger partial charge in [-0.3, -0.25) is 9.59 Å². The van der Waals surface area contributed by atoms with Crippen molar-refractivity contribution in [3.05, 3.63) is 23.8 Å². The van der Waals surface area contributed by atoms with Crippen LogP contribution in [-0.2, 0) is 23.9 Å². The summed E-state index contributed by atoms with van der Waals surface area (Å²) in [6.45, 7) is 5.69. The molecule has 0 radical (unpaired) electrons. The molecule has 3 fully saturated rings. The van der Waals surface area contributed by atoms with Gasteiger partial charge in [-0.25, -0.2) is 13.6 Å². The number of rotatable bonds is 4. The van der Waals surface area contributed by atoms with Crippen molar-refractivity contribution in [3.8, 4) is 11.8 Å². The minimum atomic E-state index is -2.32. The molecule has 9 atom stereocenters. The van der Waals surface area contributed by atoms with Crippen LogP contribution < -0.4 is 0 Å². The summed E-state index contributed by atoms with van der Waals surface area (Å²) in [5.41, 5.74) is -6.99. The molecule has 0 aromatic carbocycles. The summed E-state index contributed by atoms with van der Waals surface area (Å²) in [5.74, 6) is 0.632. The van der Waals surface area contributed by atoms with E-state index in [2.05, 4.69) is 11.8 Å². The second kappa shape index (κ2) is 9.32. The molecule has 0 spiro atoms. The Balaban J connectivity index is 1.82. The number of allylic oxidation sites excluding steroid dienone is 4. The first-order valence-corrected chi connectivity index (χ1v) is 12.7. The molecule has 202 valence electrons. The summed E-state index contributed by atoms with van der Waals surface area (Å²) in [4.78, 5) is 38.3. The Kier molecular flexibility index (Phi) is 6.92. The molecule has 0 aliphatic heterocycles. The van der Waals surface area contributed by atoms with Crippen LogP contribution in [0.3, 0.4) is 0 Å². The molecule has 3 saturated carbocycles. The zero-order chi connectivity index (χ0) is 27.4. The van der Waals surface area contributed by atoms with Crippen LogP contribution in [0.15, 0.2) is 23.8 Å². The van der Waals surface area contributed by atoms with Gasteiger partial charge in [0.25, 0.3) is 0 Å². The maximum atomic E-state index is 17.4. The number of halogens is 2. The third kappa shape index (κ3) is 3.63. The first kappa shape index (κ1) is 27.5. The highest BCUT2D eigenvalue weighted by molar-refractivity contribution is 6.01. The minimum absolute atomic E-state index is 0.0120. The Labute approximate surface area is 215 Å². The van der Waals surface area contributed by atoms with Gasteiger partial charge in [-0.2, -0.15) is 0 Å². The SMILES string of the molecule is CCC(=O)O[C@]1(C(=O)OCC#CCO)[C@H](C)C[C@H]2[C@@H]3C[C@H](F)C4=CC(=O)C=C[C@]4(C)[C@@]3(F)[C@@H](O)C[C@@]21C. The third-order valence-corrected chi connectivity index (χ3v) is 9.51. The van der Waals surface area contributed by atoms with E-state index in [1.165, 1.54) is 19.1 Å². The summed E-state index contributed by atoms with van der Waals surface area (Å²) in [7, 11) is 0. The summed E-state index contributed by atoms with van der Waals surface area (Å²) in [6.07, 6.45) is 0.0984. The fourth-order valence-electron chi connectivity index (χ4n) is 7.79. The number of hydrogen-bond acceptors (Lipinski definition) is 7. The molecule has 0 heterocycles. The monoisotopic (exact) mass is 520 g/mol. The van der Waals surface area contributed by atoms with Crippen molar-refractivity contribution in [2.45, 2.75) is 76.9 Å². The Bertz CT molecular complexity index is 1120. The first-order valence-electron chi connectivity index (χ1n) is 12.7. The van der Waals surface area contributed by atoms with E-state index in [-0.39, 0.29) is 37.9 Å². The van der Waals surface area contributed by atoms with Gasteiger partial charge in [0.1, 0.15) is 12.8 Å². The van der Waals surface area contributed by atoms with Crippen LogP contribution in [-0.4, -0.2) is 64.7 Å². The molecular weight excluding hydrogens is 486 g/mol. The number of fused-ring (bicyclic) bond motifs is 5. The topological polar surface area (TPSA) is 110 Å². The van der Waals surface area contributed by atoms with E-state index in [0.717, 1.165) is 6.08 Å². The largest absolute Gasteiger partial charge is 0.450 e. The predicted molar refractivity (Wildman–Crippen MR) is 128 cm³/mol. The van der Waals surface area contributed by atoms with Crippen molar-refractivity contribution < 1.29 is 42.9 Å². The molecule has 7 nitrogen and oxygen atoms in total. The Hall–Kier alpha value is -2.57. The fourth-order valence-corrected chi connectivity index (χ4v) is 7.79. The van der Waals surface area contributed by atoms with E-state index in [0.29, 0.717) is 0 Å². The lowest BCUT2D eigenvalue weighted by atomic mass is 9.44. The minimum Gasteiger partial charge on any atom is -0.450 e. The van der Waals surface area contributed by atoms with E-state index in [1.54, 1.807) is 20.8 Å². The Morgan fingerprint density at radius 2 is 1.92 bits per heavy atom. The number of ketones is 1.